The summed E-state index contributed by atoms with van der Waals surface area (Å²) in [5.41, 5.74) is 1.21. The number of benzene rings is 1. The quantitative estimate of drug-likeness (QED) is 0.731. The van der Waals surface area contributed by atoms with Gasteiger partial charge in [0, 0.05) is 0 Å². The molecule has 0 heterocycles. The smallest absolute Gasteiger partial charge is 0.186 e. The van der Waals surface area contributed by atoms with Crippen molar-refractivity contribution in [3.63, 3.8) is 0 Å². The summed E-state index contributed by atoms with van der Waals surface area (Å²) in [7, 11) is 0. The van der Waals surface area contributed by atoms with E-state index in [0.29, 0.717) is 4.90 Å². The largest absolute Gasteiger partial charge is 0.302 e. The molecule has 0 amide bonds. The van der Waals surface area contributed by atoms with Crippen LogP contribution in [0.15, 0.2) is 29.2 Å². The van der Waals surface area contributed by atoms with Crippen LogP contribution >= 0.6 is 0 Å². The minimum atomic E-state index is -1.84. The highest BCUT2D eigenvalue weighted by atomic mass is 32.2. The first-order chi connectivity index (χ1) is 5.74. The topological polar surface area (TPSA) is 37.3 Å². The normalized spacial score (nSPS) is 12.8. The lowest BCUT2D eigenvalue weighted by Gasteiger charge is -1.98. The van der Waals surface area contributed by atoms with Gasteiger partial charge in [0.25, 0.3) is 0 Å². The van der Waals surface area contributed by atoms with Crippen LogP contribution in [0.4, 0.5) is 0 Å². The monoisotopic (exact) mass is 184 g/mol. The average Bonchev–Trinajstić information content (AvgIpc) is 2.06. The van der Waals surface area contributed by atoms with Gasteiger partial charge in [-0.3, -0.25) is 0 Å². The molecule has 66 valence electrons. The maximum Gasteiger partial charge on any atom is 0.186 e. The summed E-state index contributed by atoms with van der Waals surface area (Å²) in [6, 6.07) is 7.18. The van der Waals surface area contributed by atoms with Crippen molar-refractivity contribution in [1.29, 1.82) is 0 Å². The Morgan fingerprint density at radius 3 is 2.33 bits per heavy atom. The van der Waals surface area contributed by atoms with E-state index in [2.05, 4.69) is 6.92 Å². The molecular formula is C9H12O2S. The molecule has 0 radical (unpaired) electrons. The van der Waals surface area contributed by atoms with Crippen molar-refractivity contribution in [2.75, 3.05) is 0 Å². The van der Waals surface area contributed by atoms with Crippen molar-refractivity contribution in [3.05, 3.63) is 29.8 Å². The fourth-order valence-corrected chi connectivity index (χ4v) is 1.43. The Balaban J connectivity index is 2.78. The zero-order valence-corrected chi connectivity index (χ0v) is 7.80. The van der Waals surface area contributed by atoms with Gasteiger partial charge in [-0.15, -0.1) is 0 Å². The Hall–Kier alpha value is -0.670. The zero-order chi connectivity index (χ0) is 8.97. The molecule has 0 fully saturated rings. The maximum absolute atomic E-state index is 10.6. The third kappa shape index (κ3) is 2.43. The molecule has 1 aromatic rings. The van der Waals surface area contributed by atoms with Gasteiger partial charge in [-0.1, -0.05) is 25.5 Å². The van der Waals surface area contributed by atoms with Gasteiger partial charge in [-0.25, -0.2) is 4.21 Å². The van der Waals surface area contributed by atoms with E-state index >= 15 is 0 Å². The first-order valence-corrected chi connectivity index (χ1v) is 5.04. The van der Waals surface area contributed by atoms with Gasteiger partial charge in [-0.05, 0) is 24.1 Å². The summed E-state index contributed by atoms with van der Waals surface area (Å²) in [6.07, 6.45) is 2.12. The van der Waals surface area contributed by atoms with Crippen LogP contribution in [-0.2, 0) is 17.5 Å². The van der Waals surface area contributed by atoms with Crippen molar-refractivity contribution < 1.29 is 8.76 Å². The van der Waals surface area contributed by atoms with E-state index in [1.165, 1.54) is 5.56 Å². The summed E-state index contributed by atoms with van der Waals surface area (Å²) in [5, 5.41) is 0. The molecule has 1 unspecified atom stereocenters. The minimum Gasteiger partial charge on any atom is -0.302 e. The Kier molecular flexibility index (Phi) is 3.44. The Bertz CT molecular complexity index is 266. The van der Waals surface area contributed by atoms with Crippen LogP contribution < -0.4 is 0 Å². The van der Waals surface area contributed by atoms with Crippen molar-refractivity contribution in [3.8, 4) is 0 Å². The fourth-order valence-electron chi connectivity index (χ4n) is 1.06. The van der Waals surface area contributed by atoms with E-state index in [4.69, 9.17) is 4.55 Å². The minimum absolute atomic E-state index is 0.467. The van der Waals surface area contributed by atoms with Crippen LogP contribution in [0.5, 0.6) is 0 Å². The lowest BCUT2D eigenvalue weighted by atomic mass is 10.1. The molecule has 0 saturated carbocycles. The summed E-state index contributed by atoms with van der Waals surface area (Å²) in [4.78, 5) is 0.467. The van der Waals surface area contributed by atoms with Crippen LogP contribution in [0.3, 0.4) is 0 Å². The van der Waals surface area contributed by atoms with E-state index in [1.807, 2.05) is 12.1 Å². The van der Waals surface area contributed by atoms with Gasteiger partial charge in [-0.2, -0.15) is 0 Å². The highest BCUT2D eigenvalue weighted by molar-refractivity contribution is 7.79. The van der Waals surface area contributed by atoms with Crippen LogP contribution in [0.1, 0.15) is 18.9 Å². The molecule has 1 rings (SSSR count). The van der Waals surface area contributed by atoms with Gasteiger partial charge in [0.1, 0.15) is 0 Å². The van der Waals surface area contributed by atoms with Crippen molar-refractivity contribution in [2.45, 2.75) is 24.7 Å². The Labute approximate surface area is 74.9 Å². The number of aryl methyl sites for hydroxylation is 1. The molecule has 1 atom stereocenters. The molecule has 0 saturated heterocycles. The highest BCUT2D eigenvalue weighted by Gasteiger charge is 1.97. The predicted octanol–water partition coefficient (Wildman–Crippen LogP) is 2.22. The van der Waals surface area contributed by atoms with Crippen LogP contribution in [0, 0.1) is 0 Å². The van der Waals surface area contributed by atoms with Crippen LogP contribution in [-0.4, -0.2) is 8.76 Å². The molecule has 0 aromatic heterocycles. The van der Waals surface area contributed by atoms with Crippen LogP contribution in [0.2, 0.25) is 0 Å². The average molecular weight is 184 g/mol. The predicted molar refractivity (Wildman–Crippen MR) is 49.5 cm³/mol. The highest BCUT2D eigenvalue weighted by Crippen LogP contribution is 2.08. The third-order valence-corrected chi connectivity index (χ3v) is 2.34. The summed E-state index contributed by atoms with van der Waals surface area (Å²) in [5.74, 6) is 0. The van der Waals surface area contributed by atoms with E-state index in [0.717, 1.165) is 12.8 Å². The number of hydrogen-bond acceptors (Lipinski definition) is 1. The zero-order valence-electron chi connectivity index (χ0n) is 6.99. The number of rotatable bonds is 3. The lowest BCUT2D eigenvalue weighted by molar-refractivity contribution is 0.564. The van der Waals surface area contributed by atoms with E-state index < -0.39 is 11.1 Å². The maximum atomic E-state index is 10.6. The van der Waals surface area contributed by atoms with Crippen molar-refractivity contribution in [1.82, 2.24) is 0 Å². The van der Waals surface area contributed by atoms with E-state index in [1.54, 1.807) is 12.1 Å². The molecule has 12 heavy (non-hydrogen) atoms. The Morgan fingerprint density at radius 2 is 1.92 bits per heavy atom. The van der Waals surface area contributed by atoms with Gasteiger partial charge < -0.3 is 4.55 Å². The molecule has 2 nitrogen and oxygen atoms in total. The van der Waals surface area contributed by atoms with Crippen molar-refractivity contribution in [2.24, 2.45) is 0 Å². The van der Waals surface area contributed by atoms with Gasteiger partial charge in [0.15, 0.2) is 11.1 Å². The molecule has 0 bridgehead atoms. The lowest BCUT2D eigenvalue weighted by Crippen LogP contribution is -1.89. The van der Waals surface area contributed by atoms with Crippen LogP contribution in [0.25, 0.3) is 0 Å². The first kappa shape index (κ1) is 9.42. The molecule has 3 heteroatoms. The summed E-state index contributed by atoms with van der Waals surface area (Å²) >= 11 is -1.84. The standard InChI is InChI=1S/C9H12O2S/c1-2-3-8-4-6-9(7-5-8)12(10)11/h4-7H,2-3H2,1H3,(H,10,11). The second-order valence-electron chi connectivity index (χ2n) is 2.64. The van der Waals surface area contributed by atoms with Gasteiger partial charge >= 0.3 is 0 Å². The third-order valence-electron chi connectivity index (χ3n) is 1.66. The summed E-state index contributed by atoms with van der Waals surface area (Å²) < 4.78 is 19.3. The second-order valence-corrected chi connectivity index (χ2v) is 3.61. The molecule has 0 aliphatic carbocycles. The van der Waals surface area contributed by atoms with Gasteiger partial charge in [0.2, 0.25) is 0 Å². The molecule has 0 aliphatic heterocycles. The number of hydrogen-bond donors (Lipinski definition) is 1. The molecular weight excluding hydrogens is 172 g/mol. The SMILES string of the molecule is CCCc1ccc(S(=O)O)cc1. The molecule has 0 spiro atoms. The molecule has 1 aromatic carbocycles. The van der Waals surface area contributed by atoms with Gasteiger partial charge in [0.05, 0.1) is 4.90 Å². The second kappa shape index (κ2) is 4.38. The first-order valence-electron chi connectivity index (χ1n) is 3.94. The van der Waals surface area contributed by atoms with E-state index in [-0.39, 0.29) is 0 Å². The molecule has 1 N–H and O–H groups in total. The summed E-state index contributed by atoms with van der Waals surface area (Å²) in [6.45, 7) is 2.11. The van der Waals surface area contributed by atoms with E-state index in [9.17, 15) is 4.21 Å². The molecule has 0 aliphatic rings. The Morgan fingerprint density at radius 1 is 1.33 bits per heavy atom. The van der Waals surface area contributed by atoms with Crippen molar-refractivity contribution >= 4 is 11.1 Å². The fraction of sp³-hybridized carbons (Fsp3) is 0.333.